The second-order valence-electron chi connectivity index (χ2n) is 3.60. The third-order valence-electron chi connectivity index (χ3n) is 2.32. The van der Waals surface area contributed by atoms with Gasteiger partial charge in [0, 0.05) is 6.20 Å². The molecule has 0 bridgehead atoms. The maximum atomic E-state index is 10.8. The van der Waals surface area contributed by atoms with Crippen molar-refractivity contribution >= 4 is 22.3 Å². The molecule has 2 rings (SSSR count). The first-order valence-corrected chi connectivity index (χ1v) is 6.14. The number of carbonyl (C=O) groups is 1. The average Bonchev–Trinajstić information content (AvgIpc) is 2.85. The Morgan fingerprint density at radius 1 is 1.39 bits per heavy atom. The predicted molar refractivity (Wildman–Crippen MR) is 69.7 cm³/mol. The number of pyridine rings is 1. The van der Waals surface area contributed by atoms with E-state index in [2.05, 4.69) is 10.3 Å². The molecule has 0 saturated carbocycles. The molecular formula is C12H12N2O3S. The van der Waals surface area contributed by atoms with Gasteiger partial charge in [0.1, 0.15) is 6.04 Å². The molecule has 0 unspecified atom stereocenters. The Bertz CT molecular complexity index is 527. The minimum atomic E-state index is -1.08. The summed E-state index contributed by atoms with van der Waals surface area (Å²) in [6.07, 6.45) is 1.70. The predicted octanol–water partition coefficient (Wildman–Crippen LogP) is 1.67. The quantitative estimate of drug-likeness (QED) is 0.765. The Balaban J connectivity index is 2.14. The Hall–Kier alpha value is -1.92. The van der Waals surface area contributed by atoms with Crippen LogP contribution in [0.3, 0.4) is 0 Å². The number of carboxylic acid groups (broad SMARTS) is 1. The fourth-order valence-corrected chi connectivity index (χ4v) is 2.35. The van der Waals surface area contributed by atoms with E-state index in [1.807, 2.05) is 24.3 Å². The maximum Gasteiger partial charge on any atom is 0.328 e. The molecule has 0 aliphatic rings. The molecule has 0 aliphatic heterocycles. The number of nitrogens with zero attached hydrogens (tertiary/aromatic N) is 1. The van der Waals surface area contributed by atoms with Crippen LogP contribution in [-0.4, -0.2) is 33.8 Å². The third-order valence-corrected chi connectivity index (χ3v) is 3.36. The van der Waals surface area contributed by atoms with Crippen LogP contribution in [0.1, 0.15) is 0 Å². The standard InChI is InChI=1S/C12H12N2O3S/c15-7-9(12(16)17)14-11-5-4-10(18-11)8-3-1-2-6-13-8/h1-6,9,14-15H,7H2,(H,16,17)/t9-/m0/s1. The van der Waals surface area contributed by atoms with Crippen LogP contribution >= 0.6 is 11.3 Å². The highest BCUT2D eigenvalue weighted by Crippen LogP contribution is 2.30. The van der Waals surface area contributed by atoms with Crippen molar-refractivity contribution in [2.75, 3.05) is 11.9 Å². The monoisotopic (exact) mass is 264 g/mol. The van der Waals surface area contributed by atoms with Crippen molar-refractivity contribution in [3.63, 3.8) is 0 Å². The molecule has 5 nitrogen and oxygen atoms in total. The number of hydrogen-bond donors (Lipinski definition) is 3. The highest BCUT2D eigenvalue weighted by atomic mass is 32.1. The van der Waals surface area contributed by atoms with Gasteiger partial charge < -0.3 is 15.5 Å². The SMILES string of the molecule is O=C(O)[C@H](CO)Nc1ccc(-c2ccccn2)s1. The largest absolute Gasteiger partial charge is 0.480 e. The summed E-state index contributed by atoms with van der Waals surface area (Å²) in [6, 6.07) is 8.27. The number of hydrogen-bond acceptors (Lipinski definition) is 5. The fourth-order valence-electron chi connectivity index (χ4n) is 1.42. The molecule has 18 heavy (non-hydrogen) atoms. The molecule has 0 amide bonds. The Kier molecular flexibility index (Phi) is 3.91. The maximum absolute atomic E-state index is 10.8. The molecule has 3 N–H and O–H groups in total. The van der Waals surface area contributed by atoms with E-state index < -0.39 is 18.6 Å². The van der Waals surface area contributed by atoms with Crippen molar-refractivity contribution in [3.8, 4) is 10.6 Å². The van der Waals surface area contributed by atoms with Gasteiger partial charge in [-0.3, -0.25) is 4.98 Å². The summed E-state index contributed by atoms with van der Waals surface area (Å²) in [4.78, 5) is 15.9. The summed E-state index contributed by atoms with van der Waals surface area (Å²) in [5.41, 5.74) is 0.839. The molecular weight excluding hydrogens is 252 g/mol. The van der Waals surface area contributed by atoms with E-state index in [1.165, 1.54) is 11.3 Å². The van der Waals surface area contributed by atoms with Crippen LogP contribution in [0.5, 0.6) is 0 Å². The fraction of sp³-hybridized carbons (Fsp3) is 0.167. The highest BCUT2D eigenvalue weighted by molar-refractivity contribution is 7.19. The molecule has 6 heteroatoms. The van der Waals surface area contributed by atoms with E-state index in [9.17, 15) is 4.79 Å². The van der Waals surface area contributed by atoms with Crippen LogP contribution in [0.2, 0.25) is 0 Å². The van der Waals surface area contributed by atoms with Crippen LogP contribution in [0.4, 0.5) is 5.00 Å². The second kappa shape index (κ2) is 5.61. The summed E-state index contributed by atoms with van der Waals surface area (Å²) < 4.78 is 0. The number of carboxylic acids is 1. The molecule has 94 valence electrons. The number of aromatic nitrogens is 1. The molecule has 0 aromatic carbocycles. The molecule has 2 heterocycles. The Morgan fingerprint density at radius 3 is 2.83 bits per heavy atom. The van der Waals surface area contributed by atoms with Gasteiger partial charge in [0.15, 0.2) is 0 Å². The number of anilines is 1. The van der Waals surface area contributed by atoms with Crippen LogP contribution < -0.4 is 5.32 Å². The minimum Gasteiger partial charge on any atom is -0.480 e. The number of thiophene rings is 1. The van der Waals surface area contributed by atoms with Crippen LogP contribution in [-0.2, 0) is 4.79 Å². The lowest BCUT2D eigenvalue weighted by Crippen LogP contribution is -2.32. The van der Waals surface area contributed by atoms with Gasteiger partial charge in [-0.2, -0.15) is 0 Å². The first-order chi connectivity index (χ1) is 8.70. The summed E-state index contributed by atoms with van der Waals surface area (Å²) in [5, 5.41) is 21.2. The zero-order chi connectivity index (χ0) is 13.0. The van der Waals surface area contributed by atoms with E-state index in [4.69, 9.17) is 10.2 Å². The third kappa shape index (κ3) is 2.85. The number of nitrogens with one attached hydrogen (secondary N) is 1. The number of aliphatic carboxylic acids is 1. The van der Waals surface area contributed by atoms with Gasteiger partial charge in [-0.1, -0.05) is 6.07 Å². The molecule has 0 fully saturated rings. The van der Waals surface area contributed by atoms with Crippen molar-refractivity contribution < 1.29 is 15.0 Å². The molecule has 2 aromatic rings. The van der Waals surface area contributed by atoms with E-state index in [0.717, 1.165) is 10.6 Å². The number of aliphatic hydroxyl groups excluding tert-OH is 1. The summed E-state index contributed by atoms with van der Waals surface area (Å²) in [7, 11) is 0. The molecule has 2 aromatic heterocycles. The van der Waals surface area contributed by atoms with Gasteiger partial charge >= 0.3 is 5.97 Å². The van der Waals surface area contributed by atoms with Crippen LogP contribution in [0, 0.1) is 0 Å². The smallest absolute Gasteiger partial charge is 0.328 e. The lowest BCUT2D eigenvalue weighted by atomic mass is 10.3. The number of aliphatic hydroxyl groups is 1. The van der Waals surface area contributed by atoms with Crippen molar-refractivity contribution in [2.24, 2.45) is 0 Å². The second-order valence-corrected chi connectivity index (χ2v) is 4.68. The van der Waals surface area contributed by atoms with Gasteiger partial charge in [-0.25, -0.2) is 4.79 Å². The van der Waals surface area contributed by atoms with Gasteiger partial charge in [0.05, 0.1) is 22.2 Å². The minimum absolute atomic E-state index is 0.452. The lowest BCUT2D eigenvalue weighted by molar-refractivity contribution is -0.138. The van der Waals surface area contributed by atoms with Crippen molar-refractivity contribution in [3.05, 3.63) is 36.5 Å². The van der Waals surface area contributed by atoms with E-state index in [-0.39, 0.29) is 0 Å². The van der Waals surface area contributed by atoms with Crippen molar-refractivity contribution in [2.45, 2.75) is 6.04 Å². The van der Waals surface area contributed by atoms with E-state index in [0.29, 0.717) is 5.00 Å². The van der Waals surface area contributed by atoms with Crippen molar-refractivity contribution in [1.29, 1.82) is 0 Å². The number of rotatable bonds is 5. The highest BCUT2D eigenvalue weighted by Gasteiger charge is 2.16. The zero-order valence-corrected chi connectivity index (χ0v) is 10.2. The van der Waals surface area contributed by atoms with E-state index >= 15 is 0 Å². The van der Waals surface area contributed by atoms with Gasteiger partial charge in [-0.15, -0.1) is 11.3 Å². The first-order valence-electron chi connectivity index (χ1n) is 5.32. The molecule has 0 saturated heterocycles. The normalized spacial score (nSPS) is 12.1. The van der Waals surface area contributed by atoms with Gasteiger partial charge in [0.2, 0.25) is 0 Å². The van der Waals surface area contributed by atoms with Gasteiger partial charge in [0.25, 0.3) is 0 Å². The van der Waals surface area contributed by atoms with Crippen LogP contribution in [0.15, 0.2) is 36.5 Å². The summed E-state index contributed by atoms with van der Waals surface area (Å²) in [6.45, 7) is -0.452. The zero-order valence-electron chi connectivity index (χ0n) is 9.41. The molecule has 1 atom stereocenters. The Morgan fingerprint density at radius 2 is 2.22 bits per heavy atom. The Labute approximate surface area is 108 Å². The average molecular weight is 264 g/mol. The van der Waals surface area contributed by atoms with Crippen LogP contribution in [0.25, 0.3) is 10.6 Å². The summed E-state index contributed by atoms with van der Waals surface area (Å²) in [5.74, 6) is -1.08. The molecule has 0 spiro atoms. The summed E-state index contributed by atoms with van der Waals surface area (Å²) >= 11 is 1.40. The van der Waals surface area contributed by atoms with Crippen molar-refractivity contribution in [1.82, 2.24) is 4.98 Å². The molecule has 0 aliphatic carbocycles. The molecule has 0 radical (unpaired) electrons. The van der Waals surface area contributed by atoms with E-state index in [1.54, 1.807) is 12.3 Å². The first kappa shape index (κ1) is 12.5. The lowest BCUT2D eigenvalue weighted by Gasteiger charge is -2.10. The van der Waals surface area contributed by atoms with Gasteiger partial charge in [-0.05, 0) is 24.3 Å². The topological polar surface area (TPSA) is 82.5 Å².